The highest BCUT2D eigenvalue weighted by atomic mass is 16.5. The first-order valence-corrected chi connectivity index (χ1v) is 7.16. The zero-order valence-corrected chi connectivity index (χ0v) is 12.3. The number of carbonyl (C=O) groups is 2. The quantitative estimate of drug-likeness (QED) is 0.732. The average molecular weight is 291 g/mol. The number of hydrogen-bond donors (Lipinski definition) is 0. The van der Waals surface area contributed by atoms with Crippen molar-refractivity contribution in [2.45, 2.75) is 12.8 Å². The molecule has 6 heteroatoms. The fourth-order valence-corrected chi connectivity index (χ4v) is 2.34. The summed E-state index contributed by atoms with van der Waals surface area (Å²) < 4.78 is 4.63. The van der Waals surface area contributed by atoms with Gasteiger partial charge < -0.3 is 9.64 Å². The summed E-state index contributed by atoms with van der Waals surface area (Å²) in [5, 5.41) is 0. The second-order valence-corrected chi connectivity index (χ2v) is 5.05. The Hall–Kier alpha value is -1.95. The Bertz CT molecular complexity index is 470. The molecule has 0 aromatic carbocycles. The largest absolute Gasteiger partial charge is 0.469 e. The zero-order chi connectivity index (χ0) is 15.1. The van der Waals surface area contributed by atoms with Crippen molar-refractivity contribution in [3.8, 4) is 0 Å². The molecule has 0 bridgehead atoms. The first-order chi connectivity index (χ1) is 10.2. The van der Waals surface area contributed by atoms with Crippen LogP contribution in [0.4, 0.5) is 0 Å². The van der Waals surface area contributed by atoms with Gasteiger partial charge in [0.2, 0.25) is 5.91 Å². The molecule has 1 aromatic rings. The van der Waals surface area contributed by atoms with Crippen molar-refractivity contribution < 1.29 is 14.3 Å². The van der Waals surface area contributed by atoms with E-state index in [1.165, 1.54) is 7.11 Å². The summed E-state index contributed by atoms with van der Waals surface area (Å²) in [7, 11) is 1.40. The zero-order valence-electron chi connectivity index (χ0n) is 12.3. The Morgan fingerprint density at radius 2 is 2.00 bits per heavy atom. The van der Waals surface area contributed by atoms with Gasteiger partial charge in [-0.25, -0.2) is 0 Å². The molecule has 21 heavy (non-hydrogen) atoms. The maximum Gasteiger partial charge on any atom is 0.306 e. The smallest absolute Gasteiger partial charge is 0.306 e. The molecule has 0 radical (unpaired) electrons. The van der Waals surface area contributed by atoms with E-state index in [0.29, 0.717) is 32.5 Å². The highest BCUT2D eigenvalue weighted by molar-refractivity contribution is 5.78. The van der Waals surface area contributed by atoms with Gasteiger partial charge in [0.1, 0.15) is 0 Å². The first-order valence-electron chi connectivity index (χ1n) is 7.16. The van der Waals surface area contributed by atoms with E-state index in [-0.39, 0.29) is 11.9 Å². The molecule has 0 atom stereocenters. The molecule has 1 saturated heterocycles. The minimum atomic E-state index is -0.191. The van der Waals surface area contributed by atoms with Crippen molar-refractivity contribution in [3.05, 3.63) is 30.1 Å². The van der Waals surface area contributed by atoms with Gasteiger partial charge in [0, 0.05) is 44.6 Å². The molecule has 1 aliphatic heterocycles. The standard InChI is InChI=1S/C15H21N3O3/c1-21-15(20)5-7-17-8-10-18(11-9-17)14(19)12-13-4-2-3-6-16-13/h2-4,6H,5,7-12H2,1H3. The highest BCUT2D eigenvalue weighted by Gasteiger charge is 2.21. The van der Waals surface area contributed by atoms with Crippen molar-refractivity contribution in [1.29, 1.82) is 0 Å². The van der Waals surface area contributed by atoms with E-state index in [2.05, 4.69) is 14.6 Å². The van der Waals surface area contributed by atoms with E-state index in [4.69, 9.17) is 0 Å². The molecule has 2 heterocycles. The fourth-order valence-electron chi connectivity index (χ4n) is 2.34. The number of pyridine rings is 1. The van der Waals surface area contributed by atoms with Crippen molar-refractivity contribution in [2.75, 3.05) is 39.8 Å². The lowest BCUT2D eigenvalue weighted by molar-refractivity contribution is -0.141. The number of hydrogen-bond acceptors (Lipinski definition) is 5. The second-order valence-electron chi connectivity index (χ2n) is 5.05. The number of nitrogens with zero attached hydrogens (tertiary/aromatic N) is 3. The Balaban J connectivity index is 1.73. The van der Waals surface area contributed by atoms with E-state index >= 15 is 0 Å². The summed E-state index contributed by atoms with van der Waals surface area (Å²) in [6.45, 7) is 3.69. The lowest BCUT2D eigenvalue weighted by Gasteiger charge is -2.34. The maximum atomic E-state index is 12.2. The van der Waals surface area contributed by atoms with Crippen molar-refractivity contribution in [1.82, 2.24) is 14.8 Å². The topological polar surface area (TPSA) is 62.7 Å². The van der Waals surface area contributed by atoms with Gasteiger partial charge in [-0.15, -0.1) is 0 Å². The fraction of sp³-hybridized carbons (Fsp3) is 0.533. The number of carbonyl (C=O) groups excluding carboxylic acids is 2. The Kier molecular flexibility index (Phi) is 5.68. The summed E-state index contributed by atoms with van der Waals surface area (Å²) in [5.41, 5.74) is 0.802. The molecule has 1 amide bonds. The van der Waals surface area contributed by atoms with Crippen LogP contribution in [0.5, 0.6) is 0 Å². The van der Waals surface area contributed by atoms with Crippen molar-refractivity contribution in [2.24, 2.45) is 0 Å². The molecule has 0 aliphatic carbocycles. The summed E-state index contributed by atoms with van der Waals surface area (Å²) in [6, 6.07) is 5.60. The molecule has 1 aliphatic rings. The van der Waals surface area contributed by atoms with E-state index < -0.39 is 0 Å². The van der Waals surface area contributed by atoms with Crippen LogP contribution < -0.4 is 0 Å². The highest BCUT2D eigenvalue weighted by Crippen LogP contribution is 2.06. The third-order valence-electron chi connectivity index (χ3n) is 3.64. The molecule has 6 nitrogen and oxygen atoms in total. The van der Waals surface area contributed by atoms with Gasteiger partial charge in [0.25, 0.3) is 0 Å². The summed E-state index contributed by atoms with van der Waals surface area (Å²) in [6.07, 6.45) is 2.45. The van der Waals surface area contributed by atoms with Gasteiger partial charge in [0.05, 0.1) is 20.0 Å². The van der Waals surface area contributed by atoms with Crippen LogP contribution in [-0.4, -0.2) is 66.5 Å². The van der Waals surface area contributed by atoms with Crippen LogP contribution >= 0.6 is 0 Å². The molecule has 1 fully saturated rings. The van der Waals surface area contributed by atoms with Crippen LogP contribution in [0.15, 0.2) is 24.4 Å². The van der Waals surface area contributed by atoms with Gasteiger partial charge in [-0.3, -0.25) is 19.5 Å². The van der Waals surface area contributed by atoms with Crippen LogP contribution in [0.3, 0.4) is 0 Å². The predicted molar refractivity (Wildman–Crippen MR) is 77.6 cm³/mol. The number of piperazine rings is 1. The minimum Gasteiger partial charge on any atom is -0.469 e. The number of methoxy groups -OCH3 is 1. The number of rotatable bonds is 5. The molecular weight excluding hydrogens is 270 g/mol. The van der Waals surface area contributed by atoms with Gasteiger partial charge in [0.15, 0.2) is 0 Å². The van der Waals surface area contributed by atoms with E-state index in [9.17, 15) is 9.59 Å². The number of aromatic nitrogens is 1. The molecule has 0 N–H and O–H groups in total. The third-order valence-corrected chi connectivity index (χ3v) is 3.64. The van der Waals surface area contributed by atoms with E-state index in [0.717, 1.165) is 18.8 Å². The maximum absolute atomic E-state index is 12.2. The number of esters is 1. The molecule has 1 aromatic heterocycles. The normalized spacial score (nSPS) is 15.8. The van der Waals surface area contributed by atoms with Crippen LogP contribution in [0.2, 0.25) is 0 Å². The van der Waals surface area contributed by atoms with E-state index in [1.54, 1.807) is 6.20 Å². The van der Waals surface area contributed by atoms with Gasteiger partial charge in [-0.1, -0.05) is 6.07 Å². The van der Waals surface area contributed by atoms with E-state index in [1.807, 2.05) is 23.1 Å². The van der Waals surface area contributed by atoms with Gasteiger partial charge in [-0.05, 0) is 12.1 Å². The summed E-state index contributed by atoms with van der Waals surface area (Å²) in [5.74, 6) is -0.0787. The molecular formula is C15H21N3O3. The predicted octanol–water partition coefficient (Wildman–Crippen LogP) is 0.331. The van der Waals surface area contributed by atoms with Gasteiger partial charge in [-0.2, -0.15) is 0 Å². The van der Waals surface area contributed by atoms with Crippen LogP contribution in [0.1, 0.15) is 12.1 Å². The Morgan fingerprint density at radius 3 is 2.62 bits per heavy atom. The van der Waals surface area contributed by atoms with Gasteiger partial charge >= 0.3 is 5.97 Å². The van der Waals surface area contributed by atoms with Crippen molar-refractivity contribution in [3.63, 3.8) is 0 Å². The lowest BCUT2D eigenvalue weighted by Crippen LogP contribution is -2.49. The minimum absolute atomic E-state index is 0.112. The molecule has 0 spiro atoms. The average Bonchev–Trinajstić information content (AvgIpc) is 2.54. The SMILES string of the molecule is COC(=O)CCN1CCN(C(=O)Cc2ccccn2)CC1. The third kappa shape index (κ3) is 4.82. The molecule has 0 saturated carbocycles. The molecule has 2 rings (SSSR count). The monoisotopic (exact) mass is 291 g/mol. The summed E-state index contributed by atoms with van der Waals surface area (Å²) >= 11 is 0. The first kappa shape index (κ1) is 15.4. The lowest BCUT2D eigenvalue weighted by atomic mass is 10.2. The van der Waals surface area contributed by atoms with Crippen LogP contribution in [0.25, 0.3) is 0 Å². The Morgan fingerprint density at radius 1 is 1.24 bits per heavy atom. The number of ether oxygens (including phenoxy) is 1. The van der Waals surface area contributed by atoms with Crippen LogP contribution in [-0.2, 0) is 20.7 Å². The van der Waals surface area contributed by atoms with Crippen LogP contribution in [0, 0.1) is 0 Å². The number of amides is 1. The molecule has 114 valence electrons. The second kappa shape index (κ2) is 7.73. The summed E-state index contributed by atoms with van der Waals surface area (Å²) in [4.78, 5) is 31.5. The van der Waals surface area contributed by atoms with Crippen molar-refractivity contribution >= 4 is 11.9 Å². The molecule has 0 unspecified atom stereocenters. The Labute approximate surface area is 124 Å².